The first kappa shape index (κ1) is 14.6. The molecule has 0 aliphatic rings. The SMILES string of the molecule is Cc1ccc(C(=O)Nc2ccc(S(N)(=O)=O)cc2F)s1. The molecule has 0 spiro atoms. The molecule has 0 saturated carbocycles. The Balaban J connectivity index is 2.25. The van der Waals surface area contributed by atoms with Crippen molar-refractivity contribution < 1.29 is 17.6 Å². The molecule has 0 radical (unpaired) electrons. The molecule has 0 bridgehead atoms. The maximum atomic E-state index is 13.7. The number of hydrogen-bond acceptors (Lipinski definition) is 4. The number of carbonyl (C=O) groups is 1. The molecule has 106 valence electrons. The Morgan fingerprint density at radius 1 is 1.30 bits per heavy atom. The Hall–Kier alpha value is -1.77. The third-order valence-electron chi connectivity index (χ3n) is 2.48. The van der Waals surface area contributed by atoms with Crippen molar-refractivity contribution in [2.45, 2.75) is 11.8 Å². The number of benzene rings is 1. The van der Waals surface area contributed by atoms with E-state index in [1.165, 1.54) is 11.3 Å². The summed E-state index contributed by atoms with van der Waals surface area (Å²) in [5, 5.41) is 7.27. The summed E-state index contributed by atoms with van der Waals surface area (Å²) in [6.07, 6.45) is 0. The van der Waals surface area contributed by atoms with Crippen molar-refractivity contribution >= 4 is 33.0 Å². The number of sulfonamides is 1. The van der Waals surface area contributed by atoms with Crippen LogP contribution in [0.25, 0.3) is 0 Å². The molecule has 0 aliphatic heterocycles. The van der Waals surface area contributed by atoms with Gasteiger partial charge in [-0.1, -0.05) is 0 Å². The summed E-state index contributed by atoms with van der Waals surface area (Å²) in [6, 6.07) is 6.47. The van der Waals surface area contributed by atoms with Crippen LogP contribution in [-0.2, 0) is 10.0 Å². The lowest BCUT2D eigenvalue weighted by molar-refractivity contribution is 0.103. The minimum absolute atomic E-state index is 0.103. The zero-order chi connectivity index (χ0) is 14.9. The molecule has 2 aromatic rings. The van der Waals surface area contributed by atoms with E-state index in [9.17, 15) is 17.6 Å². The van der Waals surface area contributed by atoms with Crippen LogP contribution in [0.5, 0.6) is 0 Å². The second-order valence-corrected chi connectivity index (χ2v) is 6.90. The maximum Gasteiger partial charge on any atom is 0.265 e. The third-order valence-corrected chi connectivity index (χ3v) is 4.39. The third kappa shape index (κ3) is 3.21. The van der Waals surface area contributed by atoms with E-state index in [1.54, 1.807) is 12.1 Å². The Bertz CT molecular complexity index is 769. The topological polar surface area (TPSA) is 89.3 Å². The van der Waals surface area contributed by atoms with E-state index < -0.39 is 21.7 Å². The second kappa shape index (κ2) is 5.31. The van der Waals surface area contributed by atoms with E-state index >= 15 is 0 Å². The summed E-state index contributed by atoms with van der Waals surface area (Å²) >= 11 is 1.28. The summed E-state index contributed by atoms with van der Waals surface area (Å²) in [5.74, 6) is -1.32. The Labute approximate surface area is 119 Å². The van der Waals surface area contributed by atoms with Gasteiger partial charge < -0.3 is 5.32 Å². The highest BCUT2D eigenvalue weighted by molar-refractivity contribution is 7.89. The van der Waals surface area contributed by atoms with Gasteiger partial charge in [0.15, 0.2) is 0 Å². The number of nitrogens with two attached hydrogens (primary N) is 1. The van der Waals surface area contributed by atoms with Crippen LogP contribution in [0, 0.1) is 12.7 Å². The van der Waals surface area contributed by atoms with E-state index in [-0.39, 0.29) is 10.6 Å². The molecule has 20 heavy (non-hydrogen) atoms. The van der Waals surface area contributed by atoms with Gasteiger partial charge in [0.1, 0.15) is 5.82 Å². The summed E-state index contributed by atoms with van der Waals surface area (Å²) in [4.78, 5) is 12.9. The van der Waals surface area contributed by atoms with Gasteiger partial charge in [0.25, 0.3) is 5.91 Å². The number of hydrogen-bond donors (Lipinski definition) is 2. The lowest BCUT2D eigenvalue weighted by Gasteiger charge is -2.06. The van der Waals surface area contributed by atoms with Crippen LogP contribution >= 0.6 is 11.3 Å². The van der Waals surface area contributed by atoms with Gasteiger partial charge in [-0.2, -0.15) is 0 Å². The van der Waals surface area contributed by atoms with Crippen LogP contribution in [0.15, 0.2) is 35.2 Å². The van der Waals surface area contributed by atoms with Crippen LogP contribution in [0.1, 0.15) is 14.5 Å². The van der Waals surface area contributed by atoms with Crippen molar-refractivity contribution in [1.82, 2.24) is 0 Å². The van der Waals surface area contributed by atoms with E-state index in [0.29, 0.717) is 4.88 Å². The van der Waals surface area contributed by atoms with Gasteiger partial charge >= 0.3 is 0 Å². The van der Waals surface area contributed by atoms with Crippen molar-refractivity contribution in [1.29, 1.82) is 0 Å². The van der Waals surface area contributed by atoms with Gasteiger partial charge in [0.05, 0.1) is 15.5 Å². The monoisotopic (exact) mass is 314 g/mol. The summed E-state index contributed by atoms with van der Waals surface area (Å²) in [5.41, 5.74) is -0.103. The van der Waals surface area contributed by atoms with E-state index in [4.69, 9.17) is 5.14 Å². The van der Waals surface area contributed by atoms with Gasteiger partial charge in [0, 0.05) is 4.88 Å². The van der Waals surface area contributed by atoms with Crippen molar-refractivity contribution in [3.05, 3.63) is 45.9 Å². The lowest BCUT2D eigenvalue weighted by Crippen LogP contribution is -2.14. The van der Waals surface area contributed by atoms with Crippen LogP contribution < -0.4 is 10.5 Å². The summed E-state index contributed by atoms with van der Waals surface area (Å²) in [7, 11) is -3.97. The molecule has 5 nitrogen and oxygen atoms in total. The highest BCUT2D eigenvalue weighted by Crippen LogP contribution is 2.21. The van der Waals surface area contributed by atoms with Crippen molar-refractivity contribution in [2.24, 2.45) is 5.14 Å². The van der Waals surface area contributed by atoms with Crippen molar-refractivity contribution in [3.8, 4) is 0 Å². The first-order valence-electron chi connectivity index (χ1n) is 5.47. The van der Waals surface area contributed by atoms with Crippen LogP contribution in [0.3, 0.4) is 0 Å². The maximum absolute atomic E-state index is 13.7. The Morgan fingerprint density at radius 3 is 2.50 bits per heavy atom. The molecule has 1 aromatic carbocycles. The number of thiophene rings is 1. The molecule has 1 amide bonds. The van der Waals surface area contributed by atoms with E-state index in [1.807, 2.05) is 6.92 Å². The largest absolute Gasteiger partial charge is 0.319 e. The molecule has 0 atom stereocenters. The van der Waals surface area contributed by atoms with Crippen molar-refractivity contribution in [2.75, 3.05) is 5.32 Å². The predicted molar refractivity (Wildman–Crippen MR) is 74.8 cm³/mol. The van der Waals surface area contributed by atoms with Gasteiger partial charge in [0.2, 0.25) is 10.0 Å². The van der Waals surface area contributed by atoms with Gasteiger partial charge in [-0.25, -0.2) is 17.9 Å². The highest BCUT2D eigenvalue weighted by Gasteiger charge is 2.14. The average Bonchev–Trinajstić information content (AvgIpc) is 2.77. The number of nitrogens with one attached hydrogen (secondary N) is 1. The first-order chi connectivity index (χ1) is 9.27. The van der Waals surface area contributed by atoms with Crippen LogP contribution in [0.2, 0.25) is 0 Å². The Kier molecular flexibility index (Phi) is 3.89. The first-order valence-corrected chi connectivity index (χ1v) is 7.84. The number of halogens is 1. The van der Waals surface area contributed by atoms with E-state index in [2.05, 4.69) is 5.32 Å². The molecular weight excluding hydrogens is 303 g/mol. The molecule has 1 aromatic heterocycles. The zero-order valence-electron chi connectivity index (χ0n) is 10.4. The average molecular weight is 314 g/mol. The zero-order valence-corrected chi connectivity index (χ0v) is 12.0. The normalized spacial score (nSPS) is 11.3. The molecule has 2 rings (SSSR count). The number of carbonyl (C=O) groups excluding carboxylic acids is 1. The molecule has 3 N–H and O–H groups in total. The number of primary sulfonamides is 1. The quantitative estimate of drug-likeness (QED) is 0.909. The number of aryl methyl sites for hydroxylation is 1. The van der Waals surface area contributed by atoms with Crippen LogP contribution in [0.4, 0.5) is 10.1 Å². The standard InChI is InChI=1S/C12H11FN2O3S2/c1-7-2-5-11(19-7)12(16)15-10-4-3-8(6-9(10)13)20(14,17)18/h2-6H,1H3,(H,15,16)(H2,14,17,18). The fourth-order valence-electron chi connectivity index (χ4n) is 1.51. The lowest BCUT2D eigenvalue weighted by atomic mass is 10.3. The molecule has 0 aliphatic carbocycles. The molecular formula is C12H11FN2O3S2. The predicted octanol–water partition coefficient (Wildman–Crippen LogP) is 2.10. The molecule has 8 heteroatoms. The minimum atomic E-state index is -3.97. The Morgan fingerprint density at radius 2 is 2.00 bits per heavy atom. The van der Waals surface area contributed by atoms with Gasteiger partial charge in [-0.05, 0) is 37.3 Å². The second-order valence-electron chi connectivity index (χ2n) is 4.05. The number of anilines is 1. The number of rotatable bonds is 3. The fourth-order valence-corrected chi connectivity index (χ4v) is 2.80. The van der Waals surface area contributed by atoms with E-state index in [0.717, 1.165) is 23.1 Å². The fraction of sp³-hybridized carbons (Fsp3) is 0.0833. The van der Waals surface area contributed by atoms with Gasteiger partial charge in [-0.15, -0.1) is 11.3 Å². The van der Waals surface area contributed by atoms with Crippen molar-refractivity contribution in [3.63, 3.8) is 0 Å². The molecule has 0 saturated heterocycles. The summed E-state index contributed by atoms with van der Waals surface area (Å²) < 4.78 is 35.9. The molecule has 0 unspecified atom stereocenters. The summed E-state index contributed by atoms with van der Waals surface area (Å²) in [6.45, 7) is 1.85. The minimum Gasteiger partial charge on any atom is -0.319 e. The highest BCUT2D eigenvalue weighted by atomic mass is 32.2. The van der Waals surface area contributed by atoms with Crippen LogP contribution in [-0.4, -0.2) is 14.3 Å². The van der Waals surface area contributed by atoms with Gasteiger partial charge in [-0.3, -0.25) is 4.79 Å². The molecule has 0 fully saturated rings. The smallest absolute Gasteiger partial charge is 0.265 e. The molecule has 1 heterocycles. The number of amides is 1.